The molecule has 1 amide bonds. The van der Waals surface area contributed by atoms with Crippen molar-refractivity contribution in [1.29, 1.82) is 0 Å². The van der Waals surface area contributed by atoms with Crippen molar-refractivity contribution < 1.29 is 18.3 Å². The largest absolute Gasteiger partial charge is 0.385 e. The molecule has 0 saturated carbocycles. The number of benzene rings is 2. The second kappa shape index (κ2) is 7.07. The van der Waals surface area contributed by atoms with Crippen molar-refractivity contribution in [1.82, 2.24) is 4.90 Å². The molecule has 7 heteroatoms. The number of hydrogen-bond acceptors (Lipinski definition) is 4. The SMILES string of the molecule is Cc1cc(C(=O)N2CCC(O)(c3ccccc3)CC2)cc(S(N)(=O)=O)c1C. The minimum Gasteiger partial charge on any atom is -0.385 e. The summed E-state index contributed by atoms with van der Waals surface area (Å²) in [6, 6.07) is 12.5. The average Bonchev–Trinajstić information content (AvgIpc) is 2.63. The van der Waals surface area contributed by atoms with E-state index in [1.54, 1.807) is 24.8 Å². The summed E-state index contributed by atoms with van der Waals surface area (Å²) < 4.78 is 23.6. The number of sulfonamides is 1. The van der Waals surface area contributed by atoms with Gasteiger partial charge in [0, 0.05) is 18.7 Å². The molecule has 144 valence electrons. The molecule has 0 unspecified atom stereocenters. The first kappa shape index (κ1) is 19.5. The topological polar surface area (TPSA) is 101 Å². The van der Waals surface area contributed by atoms with Gasteiger partial charge in [-0.15, -0.1) is 0 Å². The van der Waals surface area contributed by atoms with E-state index in [0.717, 1.165) is 5.56 Å². The fraction of sp³-hybridized carbons (Fsp3) is 0.350. The van der Waals surface area contributed by atoms with Gasteiger partial charge in [-0.3, -0.25) is 4.79 Å². The zero-order valence-corrected chi connectivity index (χ0v) is 16.3. The van der Waals surface area contributed by atoms with Crippen LogP contribution in [0.4, 0.5) is 0 Å². The number of piperidine rings is 1. The van der Waals surface area contributed by atoms with Crippen LogP contribution in [0.25, 0.3) is 0 Å². The molecule has 3 rings (SSSR count). The molecular weight excluding hydrogens is 364 g/mol. The molecule has 1 saturated heterocycles. The van der Waals surface area contributed by atoms with Crippen LogP contribution in [-0.2, 0) is 15.6 Å². The van der Waals surface area contributed by atoms with E-state index in [-0.39, 0.29) is 10.8 Å². The Balaban J connectivity index is 1.82. The van der Waals surface area contributed by atoms with Crippen molar-refractivity contribution in [3.05, 3.63) is 64.7 Å². The summed E-state index contributed by atoms with van der Waals surface area (Å²) in [5.74, 6) is -0.252. The maximum Gasteiger partial charge on any atom is 0.253 e. The second-order valence-corrected chi connectivity index (χ2v) is 8.68. The normalized spacial score (nSPS) is 17.0. The Kier molecular flexibility index (Phi) is 5.12. The van der Waals surface area contributed by atoms with Crippen molar-refractivity contribution in [3.8, 4) is 0 Å². The number of carbonyl (C=O) groups excluding carboxylic acids is 1. The van der Waals surface area contributed by atoms with Gasteiger partial charge in [-0.2, -0.15) is 0 Å². The van der Waals surface area contributed by atoms with Gasteiger partial charge >= 0.3 is 0 Å². The Hall–Kier alpha value is -2.22. The predicted molar refractivity (Wildman–Crippen MR) is 103 cm³/mol. The highest BCUT2D eigenvalue weighted by molar-refractivity contribution is 7.89. The molecule has 0 spiro atoms. The lowest BCUT2D eigenvalue weighted by molar-refractivity contribution is -0.0211. The van der Waals surface area contributed by atoms with Gasteiger partial charge in [0.25, 0.3) is 5.91 Å². The molecule has 2 aromatic carbocycles. The summed E-state index contributed by atoms with van der Waals surface area (Å²) in [4.78, 5) is 14.5. The maximum atomic E-state index is 12.9. The molecule has 0 atom stereocenters. The van der Waals surface area contributed by atoms with Crippen LogP contribution in [0.3, 0.4) is 0 Å². The third kappa shape index (κ3) is 3.90. The smallest absolute Gasteiger partial charge is 0.253 e. The third-order valence-electron chi connectivity index (χ3n) is 5.36. The highest BCUT2D eigenvalue weighted by atomic mass is 32.2. The number of primary sulfonamides is 1. The van der Waals surface area contributed by atoms with E-state index in [1.807, 2.05) is 30.3 Å². The number of amides is 1. The van der Waals surface area contributed by atoms with Crippen molar-refractivity contribution in [3.63, 3.8) is 0 Å². The van der Waals surface area contributed by atoms with Gasteiger partial charge in [0.2, 0.25) is 10.0 Å². The molecule has 3 N–H and O–H groups in total. The first-order valence-corrected chi connectivity index (χ1v) is 10.4. The van der Waals surface area contributed by atoms with Crippen LogP contribution in [-0.4, -0.2) is 37.4 Å². The summed E-state index contributed by atoms with van der Waals surface area (Å²) >= 11 is 0. The quantitative estimate of drug-likeness (QED) is 0.840. The standard InChI is InChI=1S/C20H24N2O4S/c1-14-12-16(13-18(15(14)2)27(21,25)26)19(23)22-10-8-20(24,9-11-22)17-6-4-3-5-7-17/h3-7,12-13,24H,8-11H2,1-2H3,(H2,21,25,26). The molecule has 0 aromatic heterocycles. The van der Waals surface area contributed by atoms with Crippen LogP contribution in [0.15, 0.2) is 47.4 Å². The van der Waals surface area contributed by atoms with E-state index in [4.69, 9.17) is 5.14 Å². The van der Waals surface area contributed by atoms with Crippen molar-refractivity contribution >= 4 is 15.9 Å². The average molecular weight is 388 g/mol. The molecule has 1 fully saturated rings. The number of hydrogen-bond donors (Lipinski definition) is 2. The van der Waals surface area contributed by atoms with Crippen molar-refractivity contribution in [2.45, 2.75) is 37.2 Å². The van der Waals surface area contributed by atoms with E-state index < -0.39 is 15.6 Å². The lowest BCUT2D eigenvalue weighted by Crippen LogP contribution is -2.45. The molecule has 27 heavy (non-hydrogen) atoms. The molecule has 1 aliphatic rings. The Morgan fingerprint density at radius 2 is 1.70 bits per heavy atom. The number of rotatable bonds is 3. The Morgan fingerprint density at radius 1 is 1.11 bits per heavy atom. The van der Waals surface area contributed by atoms with Crippen LogP contribution in [0.1, 0.15) is 39.9 Å². The molecule has 2 aromatic rings. The van der Waals surface area contributed by atoms with Crippen molar-refractivity contribution in [2.24, 2.45) is 5.14 Å². The van der Waals surface area contributed by atoms with Gasteiger partial charge in [-0.05, 0) is 55.5 Å². The summed E-state index contributed by atoms with van der Waals surface area (Å²) in [6.45, 7) is 4.21. The number of nitrogens with zero attached hydrogens (tertiary/aromatic N) is 1. The van der Waals surface area contributed by atoms with Crippen LogP contribution in [0.2, 0.25) is 0 Å². The zero-order chi connectivity index (χ0) is 19.8. The van der Waals surface area contributed by atoms with Gasteiger partial charge < -0.3 is 10.0 Å². The second-order valence-electron chi connectivity index (χ2n) is 7.15. The number of aliphatic hydroxyl groups is 1. The third-order valence-corrected chi connectivity index (χ3v) is 6.40. The van der Waals surface area contributed by atoms with E-state index in [1.165, 1.54) is 6.07 Å². The lowest BCUT2D eigenvalue weighted by Gasteiger charge is -2.38. The summed E-state index contributed by atoms with van der Waals surface area (Å²) in [5, 5.41) is 16.2. The Bertz CT molecular complexity index is 963. The number of carbonyl (C=O) groups is 1. The zero-order valence-electron chi connectivity index (χ0n) is 15.5. The fourth-order valence-electron chi connectivity index (χ4n) is 3.55. The monoisotopic (exact) mass is 388 g/mol. The van der Waals surface area contributed by atoms with Crippen LogP contribution in [0.5, 0.6) is 0 Å². The molecule has 0 aliphatic carbocycles. The van der Waals surface area contributed by atoms with Crippen LogP contribution >= 0.6 is 0 Å². The minimum atomic E-state index is -3.91. The number of likely N-dealkylation sites (tertiary alicyclic amines) is 1. The summed E-state index contributed by atoms with van der Waals surface area (Å²) in [5.41, 5.74) is 1.44. The molecule has 1 heterocycles. The minimum absolute atomic E-state index is 0.0244. The first-order valence-electron chi connectivity index (χ1n) is 8.83. The van der Waals surface area contributed by atoms with Gasteiger partial charge in [-0.1, -0.05) is 30.3 Å². The Morgan fingerprint density at radius 3 is 2.26 bits per heavy atom. The highest BCUT2D eigenvalue weighted by Crippen LogP contribution is 2.33. The van der Waals surface area contributed by atoms with Crippen LogP contribution < -0.4 is 5.14 Å². The summed E-state index contributed by atoms with van der Waals surface area (Å²) in [7, 11) is -3.91. The molecule has 6 nitrogen and oxygen atoms in total. The fourth-order valence-corrected chi connectivity index (χ4v) is 4.42. The van der Waals surface area contributed by atoms with E-state index in [9.17, 15) is 18.3 Å². The molecule has 1 aliphatic heterocycles. The van der Waals surface area contributed by atoms with Crippen LogP contribution in [0, 0.1) is 13.8 Å². The highest BCUT2D eigenvalue weighted by Gasteiger charge is 2.35. The number of nitrogens with two attached hydrogens (primary N) is 1. The Labute approximate surface area is 159 Å². The summed E-state index contributed by atoms with van der Waals surface area (Å²) in [6.07, 6.45) is 0.852. The predicted octanol–water partition coefficient (Wildman–Crippen LogP) is 2.07. The molecule has 0 radical (unpaired) electrons. The van der Waals surface area contributed by atoms with E-state index >= 15 is 0 Å². The van der Waals surface area contributed by atoms with Gasteiger partial charge in [0.05, 0.1) is 10.5 Å². The van der Waals surface area contributed by atoms with E-state index in [2.05, 4.69) is 0 Å². The molecular formula is C20H24N2O4S. The maximum absolute atomic E-state index is 12.9. The van der Waals surface area contributed by atoms with Gasteiger partial charge in [-0.25, -0.2) is 13.6 Å². The van der Waals surface area contributed by atoms with Gasteiger partial charge in [0.15, 0.2) is 0 Å². The lowest BCUT2D eigenvalue weighted by atomic mass is 9.84. The van der Waals surface area contributed by atoms with Gasteiger partial charge in [0.1, 0.15) is 0 Å². The molecule has 0 bridgehead atoms. The number of aryl methyl sites for hydroxylation is 1. The first-order chi connectivity index (χ1) is 12.6. The van der Waals surface area contributed by atoms with E-state index in [0.29, 0.717) is 42.6 Å². The van der Waals surface area contributed by atoms with Crippen molar-refractivity contribution in [2.75, 3.05) is 13.1 Å².